The van der Waals surface area contributed by atoms with Crippen LogP contribution in [0.2, 0.25) is 0 Å². The van der Waals surface area contributed by atoms with Gasteiger partial charge in [-0.25, -0.2) is 4.79 Å². The standard InChI is InChI=1S/C22H43N7O5/c1-7-13(6)17(20(32)28-16(12(4)5)21(33)34)29-18(30)14(9-8-10-26-22(24)25)27-19(31)15(23)11(2)3/h11-17H,7-10,23H2,1-6H3,(H,27,31)(H,28,32)(H,29,30)(H,33,34)(H4,24,25,26). The Hall–Kier alpha value is -2.89. The highest BCUT2D eigenvalue weighted by Crippen LogP contribution is 2.12. The zero-order valence-electron chi connectivity index (χ0n) is 21.1. The topological polar surface area (TPSA) is 215 Å². The van der Waals surface area contributed by atoms with Gasteiger partial charge in [0, 0.05) is 6.54 Å². The number of nitrogens with one attached hydrogen (secondary N) is 3. The van der Waals surface area contributed by atoms with E-state index in [0.717, 1.165) is 0 Å². The third kappa shape index (κ3) is 10.8. The summed E-state index contributed by atoms with van der Waals surface area (Å²) in [4.78, 5) is 54.0. The minimum atomic E-state index is -1.16. The second-order valence-corrected chi connectivity index (χ2v) is 9.22. The number of rotatable bonds is 15. The second-order valence-electron chi connectivity index (χ2n) is 9.22. The molecule has 0 saturated heterocycles. The Balaban J connectivity index is 5.65. The number of carboxylic acid groups (broad SMARTS) is 1. The highest BCUT2D eigenvalue weighted by atomic mass is 16.4. The summed E-state index contributed by atoms with van der Waals surface area (Å²) in [7, 11) is 0. The van der Waals surface area contributed by atoms with E-state index in [-0.39, 0.29) is 36.7 Å². The van der Waals surface area contributed by atoms with Crippen molar-refractivity contribution in [3.63, 3.8) is 0 Å². The van der Waals surface area contributed by atoms with Crippen molar-refractivity contribution in [2.75, 3.05) is 6.54 Å². The van der Waals surface area contributed by atoms with Crippen molar-refractivity contribution in [2.24, 2.45) is 39.9 Å². The number of amides is 3. The van der Waals surface area contributed by atoms with Crippen LogP contribution in [0.5, 0.6) is 0 Å². The fraction of sp³-hybridized carbons (Fsp3) is 0.773. The maximum absolute atomic E-state index is 13.1. The molecular weight excluding hydrogens is 442 g/mol. The highest BCUT2D eigenvalue weighted by Gasteiger charge is 2.33. The SMILES string of the molecule is CCC(C)C(NC(=O)C(CCCN=C(N)N)NC(=O)C(N)C(C)C)C(=O)NC(C(=O)O)C(C)C. The first-order chi connectivity index (χ1) is 15.7. The van der Waals surface area contributed by atoms with Gasteiger partial charge in [-0.05, 0) is 30.6 Å². The van der Waals surface area contributed by atoms with Crippen molar-refractivity contribution >= 4 is 29.7 Å². The predicted octanol–water partition coefficient (Wildman–Crippen LogP) is -0.736. The largest absolute Gasteiger partial charge is 0.480 e. The Labute approximate surface area is 201 Å². The first-order valence-electron chi connectivity index (χ1n) is 11.7. The Morgan fingerprint density at radius 2 is 1.41 bits per heavy atom. The lowest BCUT2D eigenvalue weighted by molar-refractivity contribution is -0.144. The molecule has 196 valence electrons. The van der Waals surface area contributed by atoms with Crippen molar-refractivity contribution in [1.29, 1.82) is 0 Å². The van der Waals surface area contributed by atoms with Crippen LogP contribution >= 0.6 is 0 Å². The molecule has 0 aromatic carbocycles. The number of hydrogen-bond acceptors (Lipinski definition) is 6. The molecule has 0 aliphatic carbocycles. The van der Waals surface area contributed by atoms with Gasteiger partial charge < -0.3 is 38.3 Å². The zero-order chi connectivity index (χ0) is 26.6. The van der Waals surface area contributed by atoms with Crippen LogP contribution in [-0.4, -0.2) is 65.5 Å². The molecule has 0 aromatic rings. The molecule has 5 atom stereocenters. The van der Waals surface area contributed by atoms with Crippen molar-refractivity contribution in [3.8, 4) is 0 Å². The lowest BCUT2D eigenvalue weighted by atomic mass is 9.96. The molecule has 12 nitrogen and oxygen atoms in total. The molecule has 34 heavy (non-hydrogen) atoms. The van der Waals surface area contributed by atoms with Crippen molar-refractivity contribution in [1.82, 2.24) is 16.0 Å². The van der Waals surface area contributed by atoms with E-state index in [0.29, 0.717) is 12.8 Å². The van der Waals surface area contributed by atoms with Gasteiger partial charge in [-0.3, -0.25) is 19.4 Å². The van der Waals surface area contributed by atoms with Crippen molar-refractivity contribution in [2.45, 2.75) is 85.0 Å². The number of carboxylic acids is 1. The molecule has 0 fully saturated rings. The zero-order valence-corrected chi connectivity index (χ0v) is 21.1. The molecule has 3 amide bonds. The number of carbonyl (C=O) groups is 4. The number of carbonyl (C=O) groups excluding carboxylic acids is 3. The van der Waals surface area contributed by atoms with E-state index in [1.807, 2.05) is 6.92 Å². The third-order valence-electron chi connectivity index (χ3n) is 5.62. The van der Waals surface area contributed by atoms with E-state index in [4.69, 9.17) is 17.2 Å². The summed E-state index contributed by atoms with van der Waals surface area (Å²) < 4.78 is 0. The fourth-order valence-corrected chi connectivity index (χ4v) is 3.06. The Kier molecular flexibility index (Phi) is 13.8. The summed E-state index contributed by atoms with van der Waals surface area (Å²) in [5.74, 6) is -3.71. The summed E-state index contributed by atoms with van der Waals surface area (Å²) >= 11 is 0. The quantitative estimate of drug-likeness (QED) is 0.0888. The van der Waals surface area contributed by atoms with Gasteiger partial charge in [0.1, 0.15) is 18.1 Å². The lowest BCUT2D eigenvalue weighted by Crippen LogP contribution is -2.59. The monoisotopic (exact) mass is 485 g/mol. The molecule has 0 aliphatic heterocycles. The van der Waals surface area contributed by atoms with Crippen LogP contribution in [0.4, 0.5) is 0 Å². The number of nitrogens with zero attached hydrogens (tertiary/aromatic N) is 1. The Morgan fingerprint density at radius 1 is 0.853 bits per heavy atom. The summed E-state index contributed by atoms with van der Waals surface area (Å²) in [5, 5.41) is 17.3. The molecule has 0 radical (unpaired) electrons. The van der Waals surface area contributed by atoms with Gasteiger partial charge in [0.15, 0.2) is 5.96 Å². The highest BCUT2D eigenvalue weighted by molar-refractivity contribution is 5.94. The Morgan fingerprint density at radius 3 is 1.85 bits per heavy atom. The fourth-order valence-electron chi connectivity index (χ4n) is 3.06. The number of aliphatic carboxylic acids is 1. The maximum atomic E-state index is 13.1. The third-order valence-corrected chi connectivity index (χ3v) is 5.62. The second kappa shape index (κ2) is 15.1. The normalized spacial score (nSPS) is 15.6. The molecule has 0 heterocycles. The first-order valence-corrected chi connectivity index (χ1v) is 11.7. The number of aliphatic imine (C=N–C) groups is 1. The average Bonchev–Trinajstić information content (AvgIpc) is 2.75. The van der Waals surface area contributed by atoms with E-state index in [2.05, 4.69) is 20.9 Å². The van der Waals surface area contributed by atoms with Gasteiger partial charge >= 0.3 is 5.97 Å². The first kappa shape index (κ1) is 31.1. The number of nitrogens with two attached hydrogens (primary N) is 3. The number of hydrogen-bond donors (Lipinski definition) is 7. The van der Waals surface area contributed by atoms with Gasteiger partial charge in [0.05, 0.1) is 6.04 Å². The average molecular weight is 486 g/mol. The van der Waals surface area contributed by atoms with Crippen molar-refractivity contribution in [3.05, 3.63) is 0 Å². The molecule has 0 aromatic heterocycles. The van der Waals surface area contributed by atoms with Gasteiger partial charge in [-0.15, -0.1) is 0 Å². The molecule has 12 heteroatoms. The summed E-state index contributed by atoms with van der Waals surface area (Å²) in [5.41, 5.74) is 16.6. The maximum Gasteiger partial charge on any atom is 0.326 e. The van der Waals surface area contributed by atoms with Crippen LogP contribution in [0.25, 0.3) is 0 Å². The van der Waals surface area contributed by atoms with Crippen LogP contribution in [0.3, 0.4) is 0 Å². The van der Waals surface area contributed by atoms with Crippen LogP contribution in [0, 0.1) is 17.8 Å². The molecule has 0 spiro atoms. The molecule has 0 rings (SSSR count). The minimum absolute atomic E-state index is 0.0847. The Bertz CT molecular complexity index is 722. The lowest BCUT2D eigenvalue weighted by Gasteiger charge is -2.29. The molecule has 0 saturated carbocycles. The smallest absolute Gasteiger partial charge is 0.326 e. The van der Waals surface area contributed by atoms with E-state index in [1.165, 1.54) is 0 Å². The molecule has 5 unspecified atom stereocenters. The predicted molar refractivity (Wildman–Crippen MR) is 130 cm³/mol. The van der Waals surface area contributed by atoms with Crippen LogP contribution in [-0.2, 0) is 19.2 Å². The van der Waals surface area contributed by atoms with Crippen LogP contribution < -0.4 is 33.2 Å². The summed E-state index contributed by atoms with van der Waals surface area (Å²) in [6, 6.07) is -3.89. The molecule has 10 N–H and O–H groups in total. The van der Waals surface area contributed by atoms with Gasteiger partial charge in [-0.2, -0.15) is 0 Å². The van der Waals surface area contributed by atoms with E-state index in [9.17, 15) is 24.3 Å². The molecule has 0 bridgehead atoms. The van der Waals surface area contributed by atoms with E-state index >= 15 is 0 Å². The van der Waals surface area contributed by atoms with Gasteiger partial charge in [0.2, 0.25) is 17.7 Å². The summed E-state index contributed by atoms with van der Waals surface area (Å²) in [6.45, 7) is 10.8. The van der Waals surface area contributed by atoms with E-state index < -0.39 is 47.9 Å². The van der Waals surface area contributed by atoms with E-state index in [1.54, 1.807) is 34.6 Å². The summed E-state index contributed by atoms with van der Waals surface area (Å²) in [6.07, 6.45) is 1.15. The van der Waals surface area contributed by atoms with Gasteiger partial charge in [0.25, 0.3) is 0 Å². The molecule has 0 aliphatic rings. The van der Waals surface area contributed by atoms with Crippen LogP contribution in [0.15, 0.2) is 4.99 Å². The number of guanidine groups is 1. The minimum Gasteiger partial charge on any atom is -0.480 e. The van der Waals surface area contributed by atoms with Crippen LogP contribution in [0.1, 0.15) is 60.8 Å². The van der Waals surface area contributed by atoms with Gasteiger partial charge in [-0.1, -0.05) is 48.0 Å². The molecular formula is C22H43N7O5. The van der Waals surface area contributed by atoms with Crippen molar-refractivity contribution < 1.29 is 24.3 Å².